The van der Waals surface area contributed by atoms with Crippen LogP contribution in [0.4, 0.5) is 0 Å². The molecule has 0 unspecified atom stereocenters. The van der Waals surface area contributed by atoms with Gasteiger partial charge in [-0.1, -0.05) is 0 Å². The van der Waals surface area contributed by atoms with Crippen molar-refractivity contribution in [2.75, 3.05) is 65.4 Å². The Bertz CT molecular complexity index is 236. The minimum absolute atomic E-state index is 0.956. The first-order valence-electron chi connectivity index (χ1n) is 8.76. The molecule has 4 heteroatoms. The molecule has 0 aromatic rings. The summed E-state index contributed by atoms with van der Waals surface area (Å²) < 4.78 is 0. The van der Waals surface area contributed by atoms with Gasteiger partial charge >= 0.3 is 0 Å². The summed E-state index contributed by atoms with van der Waals surface area (Å²) in [6.45, 7) is 12.8. The van der Waals surface area contributed by atoms with Crippen molar-refractivity contribution in [3.05, 3.63) is 0 Å². The van der Waals surface area contributed by atoms with Crippen molar-refractivity contribution in [1.82, 2.24) is 20.4 Å². The standard InChI is InChI=1S/C16H32N4/c1-5-17-6-2-15(1)13-19-9-3-16(4-10-19)14-20-11-7-18-8-12-20/h15-18H,1-14H2. The first-order chi connectivity index (χ1) is 9.90. The lowest BCUT2D eigenvalue weighted by Crippen LogP contribution is -2.47. The molecule has 116 valence electrons. The van der Waals surface area contributed by atoms with Crippen molar-refractivity contribution >= 4 is 0 Å². The van der Waals surface area contributed by atoms with Gasteiger partial charge in [-0.05, 0) is 63.7 Å². The van der Waals surface area contributed by atoms with E-state index < -0.39 is 0 Å². The molecule has 0 aromatic heterocycles. The Kier molecular flexibility index (Phi) is 5.71. The number of hydrogen-bond acceptors (Lipinski definition) is 4. The monoisotopic (exact) mass is 280 g/mol. The first-order valence-corrected chi connectivity index (χ1v) is 8.76. The Balaban J connectivity index is 1.33. The van der Waals surface area contributed by atoms with Crippen LogP contribution in [0.2, 0.25) is 0 Å². The van der Waals surface area contributed by atoms with Gasteiger partial charge in [0.2, 0.25) is 0 Å². The summed E-state index contributed by atoms with van der Waals surface area (Å²) in [5.41, 5.74) is 0. The highest BCUT2D eigenvalue weighted by Gasteiger charge is 2.24. The predicted molar refractivity (Wildman–Crippen MR) is 84.1 cm³/mol. The van der Waals surface area contributed by atoms with Crippen LogP contribution in [-0.4, -0.2) is 75.2 Å². The highest BCUT2D eigenvalue weighted by atomic mass is 15.2. The fraction of sp³-hybridized carbons (Fsp3) is 1.00. The fourth-order valence-corrected chi connectivity index (χ4v) is 4.04. The molecule has 0 saturated carbocycles. The van der Waals surface area contributed by atoms with E-state index in [2.05, 4.69) is 20.4 Å². The first kappa shape index (κ1) is 14.8. The molecule has 4 nitrogen and oxygen atoms in total. The molecule has 0 spiro atoms. The molecule has 3 saturated heterocycles. The molecule has 3 fully saturated rings. The second kappa shape index (κ2) is 7.74. The van der Waals surface area contributed by atoms with Gasteiger partial charge in [0, 0.05) is 39.3 Å². The van der Waals surface area contributed by atoms with Gasteiger partial charge in [-0.3, -0.25) is 0 Å². The van der Waals surface area contributed by atoms with E-state index in [0.717, 1.165) is 11.8 Å². The summed E-state index contributed by atoms with van der Waals surface area (Å²) >= 11 is 0. The summed E-state index contributed by atoms with van der Waals surface area (Å²) in [5, 5.41) is 6.92. The van der Waals surface area contributed by atoms with Crippen molar-refractivity contribution < 1.29 is 0 Å². The largest absolute Gasteiger partial charge is 0.317 e. The van der Waals surface area contributed by atoms with Gasteiger partial charge in [0.1, 0.15) is 0 Å². The van der Waals surface area contributed by atoms with E-state index in [1.54, 1.807) is 0 Å². The van der Waals surface area contributed by atoms with Crippen LogP contribution in [0.5, 0.6) is 0 Å². The summed E-state index contributed by atoms with van der Waals surface area (Å²) in [5.74, 6) is 1.92. The number of nitrogens with zero attached hydrogens (tertiary/aromatic N) is 2. The third-order valence-corrected chi connectivity index (χ3v) is 5.41. The topological polar surface area (TPSA) is 30.5 Å². The minimum atomic E-state index is 0.956. The van der Waals surface area contributed by atoms with Crippen molar-refractivity contribution in [1.29, 1.82) is 0 Å². The van der Waals surface area contributed by atoms with Gasteiger partial charge in [-0.2, -0.15) is 0 Å². The van der Waals surface area contributed by atoms with E-state index in [1.165, 1.54) is 91.1 Å². The average molecular weight is 280 g/mol. The van der Waals surface area contributed by atoms with E-state index in [4.69, 9.17) is 0 Å². The summed E-state index contributed by atoms with van der Waals surface area (Å²) in [6.07, 6.45) is 5.63. The van der Waals surface area contributed by atoms with Gasteiger partial charge < -0.3 is 20.4 Å². The Labute approximate surface area is 124 Å². The van der Waals surface area contributed by atoms with Crippen LogP contribution in [0.25, 0.3) is 0 Å². The molecule has 3 aliphatic heterocycles. The van der Waals surface area contributed by atoms with Crippen molar-refractivity contribution in [3.63, 3.8) is 0 Å². The number of hydrogen-bond donors (Lipinski definition) is 2. The van der Waals surface area contributed by atoms with Crippen molar-refractivity contribution in [3.8, 4) is 0 Å². The predicted octanol–water partition coefficient (Wildman–Crippen LogP) is 0.603. The molecule has 0 aromatic carbocycles. The third-order valence-electron chi connectivity index (χ3n) is 5.41. The molecule has 3 rings (SSSR count). The average Bonchev–Trinajstić information content (AvgIpc) is 2.51. The number of likely N-dealkylation sites (tertiary alicyclic amines) is 1. The highest BCUT2D eigenvalue weighted by Crippen LogP contribution is 2.21. The van der Waals surface area contributed by atoms with Gasteiger partial charge in [0.25, 0.3) is 0 Å². The summed E-state index contributed by atoms with van der Waals surface area (Å²) in [7, 11) is 0. The van der Waals surface area contributed by atoms with Crippen LogP contribution in [0.3, 0.4) is 0 Å². The Morgan fingerprint density at radius 3 is 1.75 bits per heavy atom. The normalized spacial score (nSPS) is 28.8. The highest BCUT2D eigenvalue weighted by molar-refractivity contribution is 4.79. The molecule has 0 atom stereocenters. The minimum Gasteiger partial charge on any atom is -0.317 e. The van der Waals surface area contributed by atoms with Crippen molar-refractivity contribution in [2.24, 2.45) is 11.8 Å². The number of piperazine rings is 1. The van der Waals surface area contributed by atoms with Gasteiger partial charge in [-0.25, -0.2) is 0 Å². The number of piperidine rings is 2. The van der Waals surface area contributed by atoms with E-state index in [9.17, 15) is 0 Å². The zero-order valence-electron chi connectivity index (χ0n) is 12.9. The number of nitrogens with one attached hydrogen (secondary N) is 2. The van der Waals surface area contributed by atoms with Crippen LogP contribution in [-0.2, 0) is 0 Å². The Morgan fingerprint density at radius 1 is 0.600 bits per heavy atom. The van der Waals surface area contributed by atoms with E-state index in [-0.39, 0.29) is 0 Å². The molecule has 2 N–H and O–H groups in total. The summed E-state index contributed by atoms with van der Waals surface area (Å²) in [6, 6.07) is 0. The Hall–Kier alpha value is -0.160. The maximum Gasteiger partial charge on any atom is 0.0107 e. The lowest BCUT2D eigenvalue weighted by Gasteiger charge is -2.38. The Morgan fingerprint density at radius 2 is 1.10 bits per heavy atom. The SMILES string of the molecule is C1CC(CN2CCC(CN3CCNCC3)CC2)CCN1. The maximum absolute atomic E-state index is 3.48. The maximum atomic E-state index is 3.48. The van der Waals surface area contributed by atoms with Crippen LogP contribution in [0.15, 0.2) is 0 Å². The molecular formula is C16H32N4. The summed E-state index contributed by atoms with van der Waals surface area (Å²) in [4.78, 5) is 5.41. The van der Waals surface area contributed by atoms with Crippen LogP contribution in [0.1, 0.15) is 25.7 Å². The number of rotatable bonds is 4. The van der Waals surface area contributed by atoms with Crippen LogP contribution < -0.4 is 10.6 Å². The quantitative estimate of drug-likeness (QED) is 0.790. The van der Waals surface area contributed by atoms with Crippen molar-refractivity contribution in [2.45, 2.75) is 25.7 Å². The van der Waals surface area contributed by atoms with E-state index in [0.29, 0.717) is 0 Å². The fourth-order valence-electron chi connectivity index (χ4n) is 4.04. The molecule has 0 amide bonds. The van der Waals surface area contributed by atoms with Gasteiger partial charge in [-0.15, -0.1) is 0 Å². The van der Waals surface area contributed by atoms with Crippen LogP contribution >= 0.6 is 0 Å². The smallest absolute Gasteiger partial charge is 0.0107 e. The molecule has 20 heavy (non-hydrogen) atoms. The van der Waals surface area contributed by atoms with E-state index in [1.807, 2.05) is 0 Å². The van der Waals surface area contributed by atoms with Gasteiger partial charge in [0.15, 0.2) is 0 Å². The van der Waals surface area contributed by atoms with E-state index >= 15 is 0 Å². The lowest BCUT2D eigenvalue weighted by atomic mass is 9.93. The molecule has 0 bridgehead atoms. The molecule has 3 heterocycles. The second-order valence-corrected chi connectivity index (χ2v) is 6.99. The zero-order valence-corrected chi connectivity index (χ0v) is 12.9. The lowest BCUT2D eigenvalue weighted by molar-refractivity contribution is 0.118. The molecule has 3 aliphatic rings. The second-order valence-electron chi connectivity index (χ2n) is 6.99. The third kappa shape index (κ3) is 4.42. The van der Waals surface area contributed by atoms with Crippen LogP contribution in [0, 0.1) is 11.8 Å². The molecule has 0 radical (unpaired) electrons. The zero-order chi connectivity index (χ0) is 13.6. The van der Waals surface area contributed by atoms with Gasteiger partial charge in [0.05, 0.1) is 0 Å². The molecular weight excluding hydrogens is 248 g/mol. The molecule has 0 aliphatic carbocycles.